The first-order valence-electron chi connectivity index (χ1n) is 4.41. The van der Waals surface area contributed by atoms with E-state index in [-0.39, 0.29) is 11.9 Å². The Kier molecular flexibility index (Phi) is 5.30. The summed E-state index contributed by atoms with van der Waals surface area (Å²) >= 11 is 2.80. The average molecular weight is 260 g/mol. The van der Waals surface area contributed by atoms with E-state index < -0.39 is 0 Å². The molecular weight excluding hydrogens is 248 g/mol. The van der Waals surface area contributed by atoms with Gasteiger partial charge in [-0.2, -0.15) is 0 Å². The third-order valence-electron chi connectivity index (χ3n) is 1.71. The van der Waals surface area contributed by atoms with Gasteiger partial charge in [-0.05, 0) is 12.1 Å². The van der Waals surface area contributed by atoms with Crippen LogP contribution >= 0.6 is 23.1 Å². The molecule has 5 nitrogen and oxygen atoms in total. The number of nitrogens with two attached hydrogens (primary N) is 1. The molecule has 1 heterocycles. The predicted molar refractivity (Wildman–Crippen MR) is 64.2 cm³/mol. The van der Waals surface area contributed by atoms with Crippen molar-refractivity contribution in [2.75, 3.05) is 12.9 Å². The molecule has 1 rings (SSSR count). The quantitative estimate of drug-likeness (QED) is 0.353. The Labute approximate surface area is 101 Å². The summed E-state index contributed by atoms with van der Waals surface area (Å²) in [5, 5.41) is 0. The van der Waals surface area contributed by atoms with E-state index >= 15 is 0 Å². The van der Waals surface area contributed by atoms with Gasteiger partial charge in [0.1, 0.15) is 0 Å². The molecule has 0 fully saturated rings. The number of rotatable bonds is 5. The lowest BCUT2D eigenvalue weighted by molar-refractivity contribution is -0.137. The first-order chi connectivity index (χ1) is 7.67. The van der Waals surface area contributed by atoms with E-state index in [0.717, 1.165) is 4.88 Å². The van der Waals surface area contributed by atoms with Crippen molar-refractivity contribution in [3.8, 4) is 0 Å². The normalized spacial score (nSPS) is 9.88. The van der Waals surface area contributed by atoms with Gasteiger partial charge in [0.05, 0.1) is 17.7 Å². The zero-order valence-electron chi connectivity index (χ0n) is 8.69. The summed E-state index contributed by atoms with van der Waals surface area (Å²) < 4.78 is 4.51. The van der Waals surface area contributed by atoms with Gasteiger partial charge in [0.15, 0.2) is 0 Å². The van der Waals surface area contributed by atoms with E-state index in [0.29, 0.717) is 16.4 Å². The van der Waals surface area contributed by atoms with E-state index in [1.165, 1.54) is 30.2 Å². The second-order valence-electron chi connectivity index (χ2n) is 2.81. The number of methoxy groups -OCH3 is 1. The van der Waals surface area contributed by atoms with Crippen molar-refractivity contribution in [3.63, 3.8) is 0 Å². The molecule has 88 valence electrons. The Hall–Kier alpha value is -1.05. The van der Waals surface area contributed by atoms with Gasteiger partial charge in [0.2, 0.25) is 0 Å². The van der Waals surface area contributed by atoms with Gasteiger partial charge in [-0.1, -0.05) is 0 Å². The van der Waals surface area contributed by atoms with E-state index in [9.17, 15) is 9.59 Å². The molecule has 0 atom stereocenters. The van der Waals surface area contributed by atoms with E-state index in [2.05, 4.69) is 10.2 Å². The van der Waals surface area contributed by atoms with Gasteiger partial charge in [-0.25, -0.2) is 5.84 Å². The number of hydrogen-bond acceptors (Lipinski definition) is 6. The number of thioether (sulfide) groups is 1. The Morgan fingerprint density at radius 3 is 2.94 bits per heavy atom. The molecule has 0 spiro atoms. The van der Waals surface area contributed by atoms with Gasteiger partial charge in [0, 0.05) is 10.6 Å². The summed E-state index contributed by atoms with van der Waals surface area (Å²) in [6, 6.07) is 3.56. The highest BCUT2D eigenvalue weighted by Gasteiger charge is 2.08. The maximum absolute atomic E-state index is 11.1. The van der Waals surface area contributed by atoms with E-state index in [1.807, 2.05) is 6.07 Å². The molecule has 1 amide bonds. The molecule has 0 unspecified atom stereocenters. The van der Waals surface area contributed by atoms with Crippen LogP contribution in [-0.4, -0.2) is 24.7 Å². The van der Waals surface area contributed by atoms with E-state index in [1.54, 1.807) is 6.07 Å². The molecule has 3 N–H and O–H groups in total. The Morgan fingerprint density at radius 2 is 2.31 bits per heavy atom. The van der Waals surface area contributed by atoms with Crippen molar-refractivity contribution < 1.29 is 14.3 Å². The second-order valence-corrected chi connectivity index (χ2v) is 4.96. The standard InChI is InChI=1S/C9H12N2O3S2/c1-14-8(12)5-15-4-6-2-3-7(16-6)9(13)11-10/h2-3H,4-5,10H2,1H3,(H,11,13). The minimum Gasteiger partial charge on any atom is -0.468 e. The van der Waals surface area contributed by atoms with Crippen molar-refractivity contribution in [2.24, 2.45) is 5.84 Å². The first kappa shape index (κ1) is 13.0. The Bertz CT molecular complexity index is 379. The number of ether oxygens (including phenoxy) is 1. The number of carbonyl (C=O) groups is 2. The third kappa shape index (κ3) is 3.84. The summed E-state index contributed by atoms with van der Waals surface area (Å²) in [5.74, 6) is 5.46. The molecule has 1 aromatic rings. The number of carbonyl (C=O) groups excluding carboxylic acids is 2. The lowest BCUT2D eigenvalue weighted by Gasteiger charge is -1.97. The number of nitrogen functional groups attached to an aromatic ring is 1. The molecular formula is C9H12N2O3S2. The molecule has 16 heavy (non-hydrogen) atoms. The van der Waals surface area contributed by atoms with Crippen LogP contribution in [0.4, 0.5) is 0 Å². The number of hydrazine groups is 1. The minimum atomic E-state index is -0.297. The van der Waals surface area contributed by atoms with Crippen molar-refractivity contribution >= 4 is 35.0 Å². The average Bonchev–Trinajstić information content (AvgIpc) is 2.76. The van der Waals surface area contributed by atoms with E-state index in [4.69, 9.17) is 5.84 Å². The number of thiophene rings is 1. The van der Waals surface area contributed by atoms with Crippen molar-refractivity contribution in [2.45, 2.75) is 5.75 Å². The fourth-order valence-electron chi connectivity index (χ4n) is 0.943. The van der Waals surface area contributed by atoms with Gasteiger partial charge in [-0.3, -0.25) is 15.0 Å². The van der Waals surface area contributed by atoms with Gasteiger partial charge < -0.3 is 4.74 Å². The number of esters is 1. The van der Waals surface area contributed by atoms with Crippen molar-refractivity contribution in [3.05, 3.63) is 21.9 Å². The van der Waals surface area contributed by atoms with Crippen LogP contribution in [0.15, 0.2) is 12.1 Å². The highest BCUT2D eigenvalue weighted by atomic mass is 32.2. The van der Waals surface area contributed by atoms with Crippen LogP contribution in [0.5, 0.6) is 0 Å². The fourth-order valence-corrected chi connectivity index (χ4v) is 2.82. The van der Waals surface area contributed by atoms with Gasteiger partial charge >= 0.3 is 5.97 Å². The van der Waals surface area contributed by atoms with Crippen LogP contribution in [0.25, 0.3) is 0 Å². The summed E-state index contributed by atoms with van der Waals surface area (Å²) in [5.41, 5.74) is 2.07. The fraction of sp³-hybridized carbons (Fsp3) is 0.333. The largest absolute Gasteiger partial charge is 0.468 e. The summed E-state index contributed by atoms with van der Waals surface area (Å²) in [6.45, 7) is 0. The molecule has 0 radical (unpaired) electrons. The van der Waals surface area contributed by atoms with Crippen LogP contribution < -0.4 is 11.3 Å². The molecule has 0 aliphatic carbocycles. The molecule has 1 aromatic heterocycles. The summed E-state index contributed by atoms with van der Waals surface area (Å²) in [6.07, 6.45) is 0. The predicted octanol–water partition coefficient (Wildman–Crippen LogP) is 0.758. The SMILES string of the molecule is COC(=O)CSCc1ccc(C(=O)NN)s1. The number of hydrogen-bond donors (Lipinski definition) is 2. The molecule has 0 bridgehead atoms. The first-order valence-corrected chi connectivity index (χ1v) is 6.38. The zero-order valence-corrected chi connectivity index (χ0v) is 10.3. The lowest BCUT2D eigenvalue weighted by Crippen LogP contribution is -2.29. The topological polar surface area (TPSA) is 81.4 Å². The summed E-state index contributed by atoms with van der Waals surface area (Å²) in [4.78, 5) is 23.6. The second kappa shape index (κ2) is 6.51. The maximum atomic E-state index is 11.1. The van der Waals surface area contributed by atoms with Gasteiger partial charge in [0.25, 0.3) is 5.91 Å². The highest BCUT2D eigenvalue weighted by molar-refractivity contribution is 7.99. The van der Waals surface area contributed by atoms with Crippen LogP contribution in [0.2, 0.25) is 0 Å². The smallest absolute Gasteiger partial charge is 0.315 e. The van der Waals surface area contributed by atoms with Crippen LogP contribution in [0.3, 0.4) is 0 Å². The Morgan fingerprint density at radius 1 is 1.56 bits per heavy atom. The number of amides is 1. The monoisotopic (exact) mass is 260 g/mol. The molecule has 0 aliphatic rings. The van der Waals surface area contributed by atoms with Crippen molar-refractivity contribution in [1.82, 2.24) is 5.43 Å². The van der Waals surface area contributed by atoms with Crippen LogP contribution in [0.1, 0.15) is 14.5 Å². The van der Waals surface area contributed by atoms with Crippen LogP contribution in [0, 0.1) is 0 Å². The minimum absolute atomic E-state index is 0.249. The number of nitrogens with one attached hydrogen (secondary N) is 1. The molecule has 0 saturated heterocycles. The molecule has 7 heteroatoms. The zero-order chi connectivity index (χ0) is 12.0. The summed E-state index contributed by atoms with van der Waals surface area (Å²) in [7, 11) is 1.36. The molecule has 0 aliphatic heterocycles. The van der Waals surface area contributed by atoms with Gasteiger partial charge in [-0.15, -0.1) is 23.1 Å². The van der Waals surface area contributed by atoms with Crippen molar-refractivity contribution in [1.29, 1.82) is 0 Å². The highest BCUT2D eigenvalue weighted by Crippen LogP contribution is 2.21. The molecule has 0 aromatic carbocycles. The van der Waals surface area contributed by atoms with Crippen LogP contribution in [-0.2, 0) is 15.3 Å². The Balaban J connectivity index is 2.41. The third-order valence-corrected chi connectivity index (χ3v) is 3.93. The molecule has 0 saturated carbocycles. The maximum Gasteiger partial charge on any atom is 0.315 e. The lowest BCUT2D eigenvalue weighted by atomic mass is 10.4.